The summed E-state index contributed by atoms with van der Waals surface area (Å²) in [5, 5.41) is 17.6. The van der Waals surface area contributed by atoms with Crippen molar-refractivity contribution in [2.24, 2.45) is 5.92 Å². The minimum absolute atomic E-state index is 0.168. The van der Waals surface area contributed by atoms with E-state index in [-0.39, 0.29) is 12.3 Å². The van der Waals surface area contributed by atoms with Crippen molar-refractivity contribution in [2.75, 3.05) is 0 Å². The Hall–Kier alpha value is -2.93. The quantitative estimate of drug-likeness (QED) is 0.720. The number of nitrogens with one attached hydrogen (secondary N) is 1. The number of pyridine rings is 1. The van der Waals surface area contributed by atoms with Gasteiger partial charge >= 0.3 is 5.97 Å². The number of nitrogens with zero attached hydrogens (tertiary/aromatic N) is 3. The zero-order chi connectivity index (χ0) is 19.0. The lowest BCUT2D eigenvalue weighted by atomic mass is 9.93. The number of carbonyl (C=O) groups is 2. The van der Waals surface area contributed by atoms with Crippen LogP contribution in [0.1, 0.15) is 23.1 Å². The fourth-order valence-corrected chi connectivity index (χ4v) is 3.92. The molecule has 1 aliphatic rings. The number of aromatic nitrogens is 3. The fourth-order valence-electron chi connectivity index (χ4n) is 3.64. The lowest BCUT2D eigenvalue weighted by Crippen LogP contribution is -2.35. The van der Waals surface area contributed by atoms with E-state index in [1.165, 1.54) is 0 Å². The molecular weight excluding hydrogens is 368 g/mol. The molecule has 3 heterocycles. The molecule has 1 aliphatic heterocycles. The summed E-state index contributed by atoms with van der Waals surface area (Å²) in [6.07, 6.45) is 5.18. The monoisotopic (exact) mass is 384 g/mol. The molecule has 8 heteroatoms. The van der Waals surface area contributed by atoms with Crippen LogP contribution < -0.4 is 0 Å². The Labute approximate surface area is 160 Å². The van der Waals surface area contributed by atoms with Crippen LogP contribution in [0.4, 0.5) is 0 Å². The molecule has 0 saturated carbocycles. The summed E-state index contributed by atoms with van der Waals surface area (Å²) < 4.78 is 0. The zero-order valence-corrected chi connectivity index (χ0v) is 15.1. The van der Waals surface area contributed by atoms with Crippen molar-refractivity contribution in [1.29, 1.82) is 0 Å². The van der Waals surface area contributed by atoms with E-state index in [4.69, 9.17) is 11.6 Å². The summed E-state index contributed by atoms with van der Waals surface area (Å²) in [6.45, 7) is 0.763. The lowest BCUT2D eigenvalue weighted by Gasteiger charge is -2.24. The van der Waals surface area contributed by atoms with Crippen molar-refractivity contribution in [3.05, 3.63) is 58.5 Å². The minimum Gasteiger partial charge on any atom is -0.481 e. The first-order valence-corrected chi connectivity index (χ1v) is 8.93. The van der Waals surface area contributed by atoms with E-state index in [0.717, 1.165) is 27.6 Å². The van der Waals surface area contributed by atoms with Gasteiger partial charge in [-0.15, -0.1) is 0 Å². The molecule has 2 N–H and O–H groups in total. The number of aliphatic carboxylic acids is 1. The van der Waals surface area contributed by atoms with Crippen molar-refractivity contribution < 1.29 is 14.7 Å². The van der Waals surface area contributed by atoms with Crippen LogP contribution in [0.15, 0.2) is 36.8 Å². The Bertz CT molecular complexity index is 1020. The standard InChI is InChI=1S/C19H17ClN4O3/c20-16-6-12-5-13(7-17(25)26)19(27)24(9-11-1-3-21-4-2-11)10-15(12)14-8-22-23-18(14)16/h1-4,6,8,13H,5,7,9-10H2,(H,22,23)(H,25,26)/t13-/m0/s1. The molecule has 0 radical (unpaired) electrons. The molecule has 1 atom stereocenters. The van der Waals surface area contributed by atoms with Crippen molar-refractivity contribution in [3.63, 3.8) is 0 Å². The summed E-state index contributed by atoms with van der Waals surface area (Å²) in [4.78, 5) is 30.1. The third-order valence-corrected chi connectivity index (χ3v) is 5.21. The second-order valence-electron chi connectivity index (χ2n) is 6.70. The second-order valence-corrected chi connectivity index (χ2v) is 7.11. The molecule has 0 unspecified atom stereocenters. The number of carbonyl (C=O) groups excluding carboxylic acids is 1. The molecule has 27 heavy (non-hydrogen) atoms. The molecule has 0 saturated heterocycles. The van der Waals surface area contributed by atoms with Gasteiger partial charge in [0.05, 0.1) is 29.1 Å². The number of halogens is 1. The Morgan fingerprint density at radius 1 is 1.37 bits per heavy atom. The Morgan fingerprint density at radius 2 is 2.15 bits per heavy atom. The maximum Gasteiger partial charge on any atom is 0.304 e. The number of benzene rings is 1. The number of fused-ring (bicyclic) bond motifs is 3. The molecule has 138 valence electrons. The Balaban J connectivity index is 1.79. The molecule has 0 fully saturated rings. The molecule has 3 aromatic rings. The molecular formula is C19H17ClN4O3. The maximum atomic E-state index is 13.1. The van der Waals surface area contributed by atoms with Crippen molar-refractivity contribution >= 4 is 34.4 Å². The first-order chi connectivity index (χ1) is 13.0. The van der Waals surface area contributed by atoms with E-state index in [0.29, 0.717) is 24.5 Å². The van der Waals surface area contributed by atoms with Crippen LogP contribution in [0.3, 0.4) is 0 Å². The Morgan fingerprint density at radius 3 is 2.89 bits per heavy atom. The Kier molecular flexibility index (Phi) is 4.53. The van der Waals surface area contributed by atoms with Crippen LogP contribution in [0, 0.1) is 5.92 Å². The molecule has 1 aromatic carbocycles. The van der Waals surface area contributed by atoms with E-state index in [1.807, 2.05) is 18.2 Å². The highest BCUT2D eigenvalue weighted by Crippen LogP contribution is 2.34. The van der Waals surface area contributed by atoms with E-state index >= 15 is 0 Å². The first-order valence-electron chi connectivity index (χ1n) is 8.55. The van der Waals surface area contributed by atoms with Crippen LogP contribution >= 0.6 is 11.6 Å². The topological polar surface area (TPSA) is 99.2 Å². The first kappa shape index (κ1) is 17.5. The van der Waals surface area contributed by atoms with Gasteiger partial charge in [0.15, 0.2) is 0 Å². The third kappa shape index (κ3) is 3.38. The highest BCUT2D eigenvalue weighted by Gasteiger charge is 2.32. The zero-order valence-electron chi connectivity index (χ0n) is 14.4. The average molecular weight is 385 g/mol. The van der Waals surface area contributed by atoms with Gasteiger partial charge in [-0.3, -0.25) is 19.7 Å². The number of H-pyrrole nitrogens is 1. The summed E-state index contributed by atoms with van der Waals surface area (Å²) >= 11 is 6.35. The van der Waals surface area contributed by atoms with Gasteiger partial charge < -0.3 is 10.0 Å². The minimum atomic E-state index is -0.990. The average Bonchev–Trinajstić information content (AvgIpc) is 3.09. The van der Waals surface area contributed by atoms with E-state index in [2.05, 4.69) is 15.2 Å². The highest BCUT2D eigenvalue weighted by molar-refractivity contribution is 6.35. The summed E-state index contributed by atoms with van der Waals surface area (Å²) in [6, 6.07) is 5.51. The van der Waals surface area contributed by atoms with Crippen molar-refractivity contribution in [3.8, 4) is 0 Å². The van der Waals surface area contributed by atoms with Gasteiger partial charge in [0.2, 0.25) is 5.91 Å². The van der Waals surface area contributed by atoms with Crippen LogP contribution in [-0.2, 0) is 29.1 Å². The van der Waals surface area contributed by atoms with Gasteiger partial charge in [-0.2, -0.15) is 5.10 Å². The molecule has 2 aromatic heterocycles. The van der Waals surface area contributed by atoms with Crippen LogP contribution in [0.25, 0.3) is 10.9 Å². The molecule has 0 aliphatic carbocycles. The van der Waals surface area contributed by atoms with E-state index in [9.17, 15) is 14.7 Å². The number of carboxylic acids is 1. The van der Waals surface area contributed by atoms with Gasteiger partial charge in [-0.05, 0) is 41.3 Å². The van der Waals surface area contributed by atoms with Crippen LogP contribution in [0.2, 0.25) is 5.02 Å². The molecule has 0 spiro atoms. The van der Waals surface area contributed by atoms with Gasteiger partial charge in [0, 0.05) is 30.9 Å². The predicted molar refractivity (Wildman–Crippen MR) is 99.0 cm³/mol. The fraction of sp³-hybridized carbons (Fsp3) is 0.263. The maximum absolute atomic E-state index is 13.1. The lowest BCUT2D eigenvalue weighted by molar-refractivity contribution is -0.144. The SMILES string of the molecule is O=C(O)C[C@@H]1Cc2cc(Cl)c3[nH]ncc3c2CN(Cc2ccncc2)C1=O. The molecule has 0 bridgehead atoms. The molecule has 4 rings (SSSR count). The van der Waals surface area contributed by atoms with E-state index < -0.39 is 11.9 Å². The van der Waals surface area contributed by atoms with Crippen LogP contribution in [0.5, 0.6) is 0 Å². The number of carboxylic acid groups (broad SMARTS) is 1. The number of hydrogen-bond acceptors (Lipinski definition) is 4. The number of aromatic amines is 1. The number of amides is 1. The molecule has 1 amide bonds. The van der Waals surface area contributed by atoms with Gasteiger partial charge in [0.1, 0.15) is 0 Å². The summed E-state index contributed by atoms with van der Waals surface area (Å²) in [5.41, 5.74) is 3.51. The highest BCUT2D eigenvalue weighted by atomic mass is 35.5. The van der Waals surface area contributed by atoms with Crippen molar-refractivity contribution in [1.82, 2.24) is 20.1 Å². The third-order valence-electron chi connectivity index (χ3n) is 4.91. The number of hydrogen-bond donors (Lipinski definition) is 2. The second kappa shape index (κ2) is 7.00. The van der Waals surface area contributed by atoms with Gasteiger partial charge in [-0.1, -0.05) is 11.6 Å². The van der Waals surface area contributed by atoms with Crippen molar-refractivity contribution in [2.45, 2.75) is 25.9 Å². The molecule has 7 nitrogen and oxygen atoms in total. The van der Waals surface area contributed by atoms with Crippen LogP contribution in [-0.4, -0.2) is 37.1 Å². The summed E-state index contributed by atoms with van der Waals surface area (Å²) in [5.74, 6) is -1.79. The number of rotatable bonds is 4. The van der Waals surface area contributed by atoms with E-state index in [1.54, 1.807) is 23.5 Å². The van der Waals surface area contributed by atoms with Gasteiger partial charge in [0.25, 0.3) is 0 Å². The summed E-state index contributed by atoms with van der Waals surface area (Å²) in [7, 11) is 0. The largest absolute Gasteiger partial charge is 0.481 e. The smallest absolute Gasteiger partial charge is 0.304 e. The van der Waals surface area contributed by atoms with Gasteiger partial charge in [-0.25, -0.2) is 0 Å². The normalized spacial score (nSPS) is 17.0. The predicted octanol–water partition coefficient (Wildman–Crippen LogP) is 2.79.